The summed E-state index contributed by atoms with van der Waals surface area (Å²) in [6, 6.07) is 12.8. The second-order valence-electron chi connectivity index (χ2n) is 4.19. The molecule has 1 aromatic carbocycles. The first-order valence-corrected chi connectivity index (χ1v) is 5.91. The van der Waals surface area contributed by atoms with Crippen LogP contribution in [0.2, 0.25) is 0 Å². The first-order chi connectivity index (χ1) is 9.25. The molecule has 2 heterocycles. The summed E-state index contributed by atoms with van der Waals surface area (Å²) in [7, 11) is 0. The van der Waals surface area contributed by atoms with Crippen LogP contribution in [-0.2, 0) is 4.79 Å². The largest absolute Gasteiger partial charge is 1.00 e. The number of fused-ring (bicyclic) bond motifs is 1. The van der Waals surface area contributed by atoms with Gasteiger partial charge in [-0.15, -0.1) is 0 Å². The molecule has 0 N–H and O–H groups in total. The van der Waals surface area contributed by atoms with E-state index in [0.29, 0.717) is 11.6 Å². The van der Waals surface area contributed by atoms with Crippen LogP contribution in [0.1, 0.15) is 0 Å². The number of carboxylic acid groups (broad SMARTS) is 1. The van der Waals surface area contributed by atoms with Crippen LogP contribution in [0.15, 0.2) is 48.7 Å². The molecule has 1 atom stereocenters. The normalized spacial score (nSPS) is 16.6. The Bertz CT molecular complexity index is 606. The fraction of sp³-hybridized carbons (Fsp3) is 0.143. The molecule has 0 saturated heterocycles. The van der Waals surface area contributed by atoms with Gasteiger partial charge in [-0.2, -0.15) is 0 Å². The molecule has 1 aliphatic rings. The Morgan fingerprint density at radius 1 is 1.25 bits per heavy atom. The Labute approximate surface area is 128 Å². The van der Waals surface area contributed by atoms with Crippen molar-refractivity contribution in [1.29, 1.82) is 0 Å². The number of hydrogen-bond acceptors (Lipinski definition) is 5. The molecule has 96 valence electrons. The molecule has 1 unspecified atom stereocenters. The molecule has 0 amide bonds. The van der Waals surface area contributed by atoms with Gasteiger partial charge in [0.2, 0.25) is 0 Å². The third kappa shape index (κ3) is 2.64. The third-order valence-corrected chi connectivity index (χ3v) is 2.96. The van der Waals surface area contributed by atoms with Gasteiger partial charge in [-0.1, -0.05) is 18.2 Å². The topological polar surface area (TPSA) is 65.5 Å². The number of carbonyl (C=O) groups excluding carboxylic acids is 1. The minimum atomic E-state index is -1.23. The van der Waals surface area contributed by atoms with E-state index in [0.717, 1.165) is 5.69 Å². The minimum absolute atomic E-state index is 0. The number of hydrogen-bond donors (Lipinski definition) is 0. The van der Waals surface area contributed by atoms with Gasteiger partial charge in [0, 0.05) is 6.20 Å². The number of pyridine rings is 1. The molecule has 1 aliphatic heterocycles. The number of ether oxygens (including phenoxy) is 1. The van der Waals surface area contributed by atoms with Crippen molar-refractivity contribution in [2.45, 2.75) is 6.10 Å². The molecule has 3 rings (SSSR count). The summed E-state index contributed by atoms with van der Waals surface area (Å²) in [5.74, 6) is -0.0199. The fourth-order valence-corrected chi connectivity index (χ4v) is 2.09. The van der Waals surface area contributed by atoms with Gasteiger partial charge in [0.15, 0.2) is 6.10 Å². The first-order valence-electron chi connectivity index (χ1n) is 5.91. The summed E-state index contributed by atoms with van der Waals surface area (Å²) in [6.45, 7) is 0.177. The monoisotopic (exact) mass is 262 g/mol. The molecule has 5 nitrogen and oxygen atoms in total. The van der Waals surface area contributed by atoms with Crippen LogP contribution in [0.5, 0.6) is 5.75 Å². The van der Waals surface area contributed by atoms with Crippen molar-refractivity contribution in [2.75, 3.05) is 11.4 Å². The van der Waals surface area contributed by atoms with Gasteiger partial charge in [-0.3, -0.25) is 0 Å². The van der Waals surface area contributed by atoms with Crippen LogP contribution < -0.4 is 33.6 Å². The van der Waals surface area contributed by atoms with Gasteiger partial charge in [-0.25, -0.2) is 4.98 Å². The quantitative estimate of drug-likeness (QED) is 0.571. The van der Waals surface area contributed by atoms with Gasteiger partial charge in [-0.05, 0) is 24.3 Å². The van der Waals surface area contributed by atoms with E-state index in [1.54, 1.807) is 18.3 Å². The first kappa shape index (κ1) is 14.4. The van der Waals surface area contributed by atoms with E-state index in [1.165, 1.54) is 0 Å². The zero-order valence-corrected chi connectivity index (χ0v) is 11.0. The van der Waals surface area contributed by atoms with Crippen LogP contribution in [0.4, 0.5) is 11.5 Å². The van der Waals surface area contributed by atoms with E-state index in [1.807, 2.05) is 35.2 Å². The number of aliphatic carboxylic acids is 1. The van der Waals surface area contributed by atoms with Crippen molar-refractivity contribution in [2.24, 2.45) is 0 Å². The molecule has 1 aromatic heterocycles. The average Bonchev–Trinajstić information content (AvgIpc) is 2.47. The van der Waals surface area contributed by atoms with Crippen molar-refractivity contribution < 1.29 is 33.5 Å². The number of nitrogens with zero attached hydrogens (tertiary/aromatic N) is 2. The molecule has 6 heteroatoms. The maximum absolute atomic E-state index is 11.1. The molecular weight excluding hydrogens is 251 g/mol. The second kappa shape index (κ2) is 5.99. The van der Waals surface area contributed by atoms with E-state index >= 15 is 0 Å². The Kier molecular flexibility index (Phi) is 4.33. The molecule has 0 aliphatic carbocycles. The average molecular weight is 262 g/mol. The number of aromatic nitrogens is 1. The van der Waals surface area contributed by atoms with E-state index in [9.17, 15) is 9.90 Å². The SMILES string of the molecule is O=C([O-])C1CN(c2ccccn2)c2ccccc2O1.[Li+]. The molecule has 0 saturated carbocycles. The Morgan fingerprint density at radius 2 is 2.00 bits per heavy atom. The summed E-state index contributed by atoms with van der Waals surface area (Å²) >= 11 is 0. The zero-order chi connectivity index (χ0) is 13.2. The molecule has 2 aromatic rings. The smallest absolute Gasteiger partial charge is 0.546 e. The molecule has 0 spiro atoms. The van der Waals surface area contributed by atoms with Gasteiger partial charge >= 0.3 is 18.9 Å². The van der Waals surface area contributed by atoms with Gasteiger partial charge < -0.3 is 19.5 Å². The number of benzene rings is 1. The van der Waals surface area contributed by atoms with Gasteiger partial charge in [0.05, 0.1) is 18.2 Å². The summed E-state index contributed by atoms with van der Waals surface area (Å²) in [5.41, 5.74) is 0.804. The van der Waals surface area contributed by atoms with E-state index in [2.05, 4.69) is 4.98 Å². The van der Waals surface area contributed by atoms with Crippen LogP contribution in [0.3, 0.4) is 0 Å². The number of carbonyl (C=O) groups is 1. The molecule has 0 radical (unpaired) electrons. The summed E-state index contributed by atoms with van der Waals surface area (Å²) in [6.07, 6.45) is 0.665. The van der Waals surface area contributed by atoms with Crippen molar-refractivity contribution in [3.63, 3.8) is 0 Å². The van der Waals surface area contributed by atoms with Crippen LogP contribution in [-0.4, -0.2) is 23.6 Å². The van der Waals surface area contributed by atoms with E-state index in [-0.39, 0.29) is 25.4 Å². The van der Waals surface area contributed by atoms with Crippen molar-refractivity contribution in [3.8, 4) is 5.75 Å². The van der Waals surface area contributed by atoms with Crippen LogP contribution in [0.25, 0.3) is 0 Å². The van der Waals surface area contributed by atoms with E-state index in [4.69, 9.17) is 4.74 Å². The van der Waals surface area contributed by atoms with Crippen molar-refractivity contribution in [1.82, 2.24) is 4.98 Å². The van der Waals surface area contributed by atoms with Crippen molar-refractivity contribution in [3.05, 3.63) is 48.7 Å². The Balaban J connectivity index is 0.00000147. The molecule has 0 bridgehead atoms. The molecular formula is C14H11LiN2O3. The van der Waals surface area contributed by atoms with Crippen molar-refractivity contribution >= 4 is 17.5 Å². The van der Waals surface area contributed by atoms with Gasteiger partial charge in [0.1, 0.15) is 11.6 Å². The predicted molar refractivity (Wildman–Crippen MR) is 67.1 cm³/mol. The zero-order valence-electron chi connectivity index (χ0n) is 11.0. The summed E-state index contributed by atoms with van der Waals surface area (Å²) < 4.78 is 5.41. The maximum atomic E-state index is 11.1. The second-order valence-corrected chi connectivity index (χ2v) is 4.19. The fourth-order valence-electron chi connectivity index (χ4n) is 2.09. The van der Waals surface area contributed by atoms with Crippen LogP contribution in [0, 0.1) is 0 Å². The predicted octanol–water partition coefficient (Wildman–Crippen LogP) is -2.27. The number of carboxylic acids is 1. The summed E-state index contributed by atoms with van der Waals surface area (Å²) in [5, 5.41) is 11.1. The minimum Gasteiger partial charge on any atom is -0.546 e. The standard InChI is InChI=1S/C14H12N2O3.Li/c17-14(18)12-9-16(13-7-3-4-8-15-13)10-5-1-2-6-11(10)19-12;/h1-8,12H,9H2,(H,17,18);/q;+1/p-1. The number of para-hydroxylation sites is 2. The van der Waals surface area contributed by atoms with E-state index < -0.39 is 12.1 Å². The molecule has 0 fully saturated rings. The Morgan fingerprint density at radius 3 is 2.70 bits per heavy atom. The summed E-state index contributed by atoms with van der Waals surface area (Å²) in [4.78, 5) is 17.1. The third-order valence-electron chi connectivity index (χ3n) is 2.96. The van der Waals surface area contributed by atoms with Gasteiger partial charge in [0.25, 0.3) is 0 Å². The molecule has 20 heavy (non-hydrogen) atoms. The van der Waals surface area contributed by atoms with Crippen LogP contribution >= 0.6 is 0 Å². The number of rotatable bonds is 2. The Hall–Kier alpha value is -1.96. The number of anilines is 2. The maximum Gasteiger partial charge on any atom is 1.00 e.